The Hall–Kier alpha value is -0.410. The summed E-state index contributed by atoms with van der Waals surface area (Å²) in [5, 5.41) is 7.00. The third-order valence-corrected chi connectivity index (χ3v) is 4.88. The lowest BCUT2D eigenvalue weighted by Gasteiger charge is -2.24. The van der Waals surface area contributed by atoms with Crippen LogP contribution in [0.1, 0.15) is 77.9 Å². The lowest BCUT2D eigenvalue weighted by Crippen LogP contribution is -2.29. The molecule has 1 aromatic rings. The maximum Gasteiger partial charge on any atom is 0.0982 e. The summed E-state index contributed by atoms with van der Waals surface area (Å²) in [6, 6.07) is 0. The molecule has 116 valence electrons. The molecule has 1 rings (SSSR count). The van der Waals surface area contributed by atoms with Gasteiger partial charge in [-0.05, 0) is 11.8 Å². The van der Waals surface area contributed by atoms with Crippen molar-refractivity contribution in [1.82, 2.24) is 10.3 Å². The maximum absolute atomic E-state index is 4.73. The van der Waals surface area contributed by atoms with Gasteiger partial charge in [-0.15, -0.1) is 11.3 Å². The molecule has 0 aromatic carbocycles. The first-order valence-corrected chi connectivity index (χ1v) is 8.78. The van der Waals surface area contributed by atoms with E-state index in [0.717, 1.165) is 13.1 Å². The predicted molar refractivity (Wildman–Crippen MR) is 90.4 cm³/mol. The van der Waals surface area contributed by atoms with Crippen LogP contribution in [0.2, 0.25) is 0 Å². The first kappa shape index (κ1) is 17.6. The topological polar surface area (TPSA) is 24.9 Å². The monoisotopic (exact) mass is 296 g/mol. The minimum Gasteiger partial charge on any atom is -0.311 e. The van der Waals surface area contributed by atoms with E-state index in [1.807, 2.05) is 0 Å². The summed E-state index contributed by atoms with van der Waals surface area (Å²) in [6.07, 6.45) is 5.30. The van der Waals surface area contributed by atoms with E-state index in [1.165, 1.54) is 36.4 Å². The van der Waals surface area contributed by atoms with Gasteiger partial charge < -0.3 is 5.32 Å². The minimum absolute atomic E-state index is 0.169. The molecule has 1 N–H and O–H groups in total. The van der Waals surface area contributed by atoms with Crippen molar-refractivity contribution in [2.45, 2.75) is 79.2 Å². The van der Waals surface area contributed by atoms with Crippen LogP contribution in [0, 0.1) is 5.41 Å². The van der Waals surface area contributed by atoms with E-state index in [1.54, 1.807) is 11.3 Å². The molecule has 1 aromatic heterocycles. The number of rotatable bonds is 8. The minimum atomic E-state index is 0.169. The third kappa shape index (κ3) is 6.36. The van der Waals surface area contributed by atoms with Crippen molar-refractivity contribution in [3.63, 3.8) is 0 Å². The van der Waals surface area contributed by atoms with Crippen molar-refractivity contribution in [2.24, 2.45) is 5.41 Å². The standard InChI is InChI=1S/C17H32N2S/c1-7-8-9-10-17(5,6)13-18-11-14-12-20-15(19-14)16(2,3)4/h12,18H,7-11,13H2,1-6H3. The fraction of sp³-hybridized carbons (Fsp3) is 0.824. The van der Waals surface area contributed by atoms with Crippen molar-refractivity contribution >= 4 is 11.3 Å². The molecule has 0 aliphatic carbocycles. The number of nitrogens with zero attached hydrogens (tertiary/aromatic N) is 1. The van der Waals surface area contributed by atoms with E-state index in [2.05, 4.69) is 52.2 Å². The lowest BCUT2D eigenvalue weighted by molar-refractivity contribution is 0.301. The Morgan fingerprint density at radius 3 is 2.40 bits per heavy atom. The summed E-state index contributed by atoms with van der Waals surface area (Å²) in [7, 11) is 0. The van der Waals surface area contributed by atoms with Crippen molar-refractivity contribution in [1.29, 1.82) is 0 Å². The van der Waals surface area contributed by atoms with Crippen LogP contribution in [0.3, 0.4) is 0 Å². The van der Waals surface area contributed by atoms with Gasteiger partial charge in [-0.3, -0.25) is 0 Å². The van der Waals surface area contributed by atoms with Gasteiger partial charge in [-0.25, -0.2) is 4.98 Å². The lowest BCUT2D eigenvalue weighted by atomic mass is 9.87. The summed E-state index contributed by atoms with van der Waals surface area (Å²) in [4.78, 5) is 4.73. The summed E-state index contributed by atoms with van der Waals surface area (Å²) in [6.45, 7) is 15.6. The normalized spacial score (nSPS) is 12.9. The largest absolute Gasteiger partial charge is 0.311 e. The second-order valence-electron chi connectivity index (χ2n) is 7.62. The van der Waals surface area contributed by atoms with E-state index < -0.39 is 0 Å². The molecule has 0 saturated heterocycles. The Bertz CT molecular complexity index is 388. The zero-order valence-corrected chi connectivity index (χ0v) is 15.0. The number of unbranched alkanes of at least 4 members (excludes halogenated alkanes) is 2. The van der Waals surface area contributed by atoms with Crippen molar-refractivity contribution < 1.29 is 0 Å². The van der Waals surface area contributed by atoms with Crippen LogP contribution < -0.4 is 5.32 Å². The number of aromatic nitrogens is 1. The average molecular weight is 297 g/mol. The molecule has 0 spiro atoms. The molecule has 1 heterocycles. The van der Waals surface area contributed by atoms with Gasteiger partial charge in [0.05, 0.1) is 10.7 Å². The van der Waals surface area contributed by atoms with Gasteiger partial charge in [0.2, 0.25) is 0 Å². The summed E-state index contributed by atoms with van der Waals surface area (Å²) >= 11 is 1.78. The molecule has 0 unspecified atom stereocenters. The first-order valence-electron chi connectivity index (χ1n) is 7.90. The average Bonchev–Trinajstić information content (AvgIpc) is 2.77. The molecule has 0 atom stereocenters. The van der Waals surface area contributed by atoms with Gasteiger partial charge in [0.25, 0.3) is 0 Å². The zero-order valence-electron chi connectivity index (χ0n) is 14.2. The highest BCUT2D eigenvalue weighted by Crippen LogP contribution is 2.26. The van der Waals surface area contributed by atoms with E-state index >= 15 is 0 Å². The van der Waals surface area contributed by atoms with Gasteiger partial charge in [0.1, 0.15) is 0 Å². The highest BCUT2D eigenvalue weighted by Gasteiger charge is 2.19. The molecule has 0 amide bonds. The predicted octanol–water partition coefficient (Wildman–Crippen LogP) is 5.14. The van der Waals surface area contributed by atoms with E-state index in [9.17, 15) is 0 Å². The number of nitrogens with one attached hydrogen (secondary N) is 1. The zero-order chi connectivity index (χ0) is 15.2. The van der Waals surface area contributed by atoms with Crippen LogP contribution in [0.25, 0.3) is 0 Å². The Morgan fingerprint density at radius 1 is 1.15 bits per heavy atom. The summed E-state index contributed by atoms with van der Waals surface area (Å²) < 4.78 is 0. The van der Waals surface area contributed by atoms with Gasteiger partial charge in [0, 0.05) is 23.9 Å². The van der Waals surface area contributed by atoms with E-state index in [0.29, 0.717) is 5.41 Å². The molecular weight excluding hydrogens is 264 g/mol. The number of hydrogen-bond donors (Lipinski definition) is 1. The van der Waals surface area contributed by atoms with E-state index in [-0.39, 0.29) is 5.41 Å². The second kappa shape index (κ2) is 7.56. The summed E-state index contributed by atoms with van der Waals surface area (Å²) in [5.74, 6) is 0. The second-order valence-corrected chi connectivity index (χ2v) is 8.48. The Morgan fingerprint density at radius 2 is 1.85 bits per heavy atom. The highest BCUT2D eigenvalue weighted by molar-refractivity contribution is 7.09. The Kier molecular flexibility index (Phi) is 6.67. The SMILES string of the molecule is CCCCCC(C)(C)CNCc1csc(C(C)(C)C)n1. The molecule has 2 nitrogen and oxygen atoms in total. The fourth-order valence-corrected chi connectivity index (χ4v) is 3.11. The molecule has 20 heavy (non-hydrogen) atoms. The van der Waals surface area contributed by atoms with Gasteiger partial charge >= 0.3 is 0 Å². The third-order valence-electron chi connectivity index (χ3n) is 3.56. The van der Waals surface area contributed by atoms with Crippen LogP contribution in [0.15, 0.2) is 5.38 Å². The van der Waals surface area contributed by atoms with Gasteiger partial charge in [-0.2, -0.15) is 0 Å². The van der Waals surface area contributed by atoms with Gasteiger partial charge in [-0.1, -0.05) is 60.8 Å². The van der Waals surface area contributed by atoms with E-state index in [4.69, 9.17) is 4.98 Å². The number of hydrogen-bond acceptors (Lipinski definition) is 3. The van der Waals surface area contributed by atoms with Crippen molar-refractivity contribution in [2.75, 3.05) is 6.54 Å². The van der Waals surface area contributed by atoms with Gasteiger partial charge in [0.15, 0.2) is 0 Å². The first-order chi connectivity index (χ1) is 9.24. The van der Waals surface area contributed by atoms with Crippen molar-refractivity contribution in [3.8, 4) is 0 Å². The Balaban J connectivity index is 2.35. The van der Waals surface area contributed by atoms with Crippen molar-refractivity contribution in [3.05, 3.63) is 16.1 Å². The molecule has 0 radical (unpaired) electrons. The fourth-order valence-electron chi connectivity index (χ4n) is 2.20. The molecule has 0 aliphatic heterocycles. The molecule has 0 fully saturated rings. The molecule has 0 bridgehead atoms. The maximum atomic E-state index is 4.73. The highest BCUT2D eigenvalue weighted by atomic mass is 32.1. The number of thiazole rings is 1. The Labute approximate surface area is 129 Å². The molecule has 0 saturated carbocycles. The van der Waals surface area contributed by atoms with Crippen LogP contribution in [-0.4, -0.2) is 11.5 Å². The molecule has 3 heteroatoms. The van der Waals surface area contributed by atoms with Crippen LogP contribution in [0.4, 0.5) is 0 Å². The van der Waals surface area contributed by atoms with Crippen LogP contribution in [0.5, 0.6) is 0 Å². The molecule has 0 aliphatic rings. The van der Waals surface area contributed by atoms with Crippen LogP contribution >= 0.6 is 11.3 Å². The smallest absolute Gasteiger partial charge is 0.0982 e. The molecular formula is C17H32N2S. The van der Waals surface area contributed by atoms with Crippen LogP contribution in [-0.2, 0) is 12.0 Å². The quantitative estimate of drug-likeness (QED) is 0.672. The summed E-state index contributed by atoms with van der Waals surface area (Å²) in [5.41, 5.74) is 1.74.